The molecule has 1 rings (SSSR count). The third-order valence-corrected chi connectivity index (χ3v) is 4.87. The number of hydrogen-bond donors (Lipinski definition) is 5. The summed E-state index contributed by atoms with van der Waals surface area (Å²) in [6, 6.07) is -0.451. The maximum Gasteiger partial charge on any atom is 0.451 e. The highest BCUT2D eigenvalue weighted by molar-refractivity contribution is 6.40. The Kier molecular flexibility index (Phi) is 8.37. The topological polar surface area (TPSA) is 128 Å². The van der Waals surface area contributed by atoms with E-state index in [9.17, 15) is 14.7 Å². The van der Waals surface area contributed by atoms with Crippen molar-refractivity contribution in [1.29, 1.82) is 0 Å². The van der Waals surface area contributed by atoms with Crippen molar-refractivity contribution in [2.75, 3.05) is 6.54 Å². The van der Waals surface area contributed by atoms with E-state index in [0.29, 0.717) is 25.7 Å². The molecule has 0 aliphatic carbocycles. The molecule has 1 amide bonds. The molecule has 1 saturated heterocycles. The number of carboxylic acid groups (broad SMARTS) is 1. The van der Waals surface area contributed by atoms with Crippen LogP contribution in [0, 0.1) is 5.92 Å². The Morgan fingerprint density at radius 1 is 1.31 bits per heavy atom. The first-order chi connectivity index (χ1) is 12.0. The summed E-state index contributed by atoms with van der Waals surface area (Å²) >= 11 is 0. The van der Waals surface area contributed by atoms with Gasteiger partial charge in [0.25, 0.3) is 0 Å². The molecule has 150 valence electrons. The second kappa shape index (κ2) is 9.57. The molecule has 0 aromatic carbocycles. The molecule has 8 nitrogen and oxygen atoms in total. The minimum atomic E-state index is -1.45. The molecular weight excluding hydrogens is 339 g/mol. The average molecular weight is 372 g/mol. The summed E-state index contributed by atoms with van der Waals surface area (Å²) in [6.07, 6.45) is 2.81. The van der Waals surface area contributed by atoms with Gasteiger partial charge in [-0.05, 0) is 65.7 Å². The van der Waals surface area contributed by atoms with Gasteiger partial charge in [0, 0.05) is 6.04 Å². The molecule has 9 heteroatoms. The number of carboxylic acids is 1. The first-order valence-corrected chi connectivity index (χ1v) is 9.30. The standard InChI is InChI=1S/C17H33BN2O6/c1-12-17(14(21)22,20-15(23)26-16(2,3)4)9-7-13(8-11-19-12)6-5-10-18(24)25/h12-13,19,24-25H,5-11H2,1-4H3,(H,20,23)(H,21,22)/t12-,13-,17+/m0/s1. The van der Waals surface area contributed by atoms with Crippen LogP contribution in [0.2, 0.25) is 6.32 Å². The molecule has 5 N–H and O–H groups in total. The van der Waals surface area contributed by atoms with Crippen LogP contribution in [0.5, 0.6) is 0 Å². The molecule has 1 aliphatic rings. The van der Waals surface area contributed by atoms with Gasteiger partial charge in [0.05, 0.1) is 0 Å². The van der Waals surface area contributed by atoms with Gasteiger partial charge < -0.3 is 30.5 Å². The molecular formula is C17H33BN2O6. The molecule has 0 bridgehead atoms. The van der Waals surface area contributed by atoms with Gasteiger partial charge in [0.1, 0.15) is 5.60 Å². The van der Waals surface area contributed by atoms with Crippen molar-refractivity contribution < 1.29 is 29.5 Å². The molecule has 3 atom stereocenters. The van der Waals surface area contributed by atoms with E-state index in [1.165, 1.54) is 0 Å². The van der Waals surface area contributed by atoms with Crippen LogP contribution < -0.4 is 10.6 Å². The third kappa shape index (κ3) is 7.13. The SMILES string of the molecule is C[C@@H]1NCC[C@@H](CCCB(O)O)CC[C@]1(NC(=O)OC(C)(C)C)C(=O)O. The van der Waals surface area contributed by atoms with E-state index in [0.717, 1.165) is 12.8 Å². The fourth-order valence-electron chi connectivity index (χ4n) is 3.35. The van der Waals surface area contributed by atoms with E-state index in [-0.39, 0.29) is 12.3 Å². The van der Waals surface area contributed by atoms with Gasteiger partial charge in [-0.15, -0.1) is 0 Å². The number of rotatable bonds is 6. The molecule has 26 heavy (non-hydrogen) atoms. The number of aliphatic carboxylic acids is 1. The number of alkyl carbamates (subject to hydrolysis) is 1. The molecule has 0 saturated carbocycles. The van der Waals surface area contributed by atoms with Crippen molar-refractivity contribution in [3.8, 4) is 0 Å². The Bertz CT molecular complexity index is 482. The molecule has 0 unspecified atom stereocenters. The number of hydrogen-bond acceptors (Lipinski definition) is 6. The summed E-state index contributed by atoms with van der Waals surface area (Å²) in [5.74, 6) is -0.831. The first kappa shape index (κ1) is 22.7. The summed E-state index contributed by atoms with van der Waals surface area (Å²) in [5, 5.41) is 33.6. The first-order valence-electron chi connectivity index (χ1n) is 9.30. The number of carbonyl (C=O) groups is 2. The van der Waals surface area contributed by atoms with Crippen LogP contribution in [0.3, 0.4) is 0 Å². The highest BCUT2D eigenvalue weighted by Gasteiger charge is 2.46. The summed E-state index contributed by atoms with van der Waals surface area (Å²) in [7, 11) is -1.31. The van der Waals surface area contributed by atoms with E-state index in [4.69, 9.17) is 14.8 Å². The fourth-order valence-corrected chi connectivity index (χ4v) is 3.35. The third-order valence-electron chi connectivity index (χ3n) is 4.87. The second-order valence-electron chi connectivity index (χ2n) is 8.18. The van der Waals surface area contributed by atoms with Gasteiger partial charge in [0.2, 0.25) is 0 Å². The van der Waals surface area contributed by atoms with E-state index < -0.39 is 36.4 Å². The van der Waals surface area contributed by atoms with Crippen LogP contribution >= 0.6 is 0 Å². The van der Waals surface area contributed by atoms with E-state index >= 15 is 0 Å². The summed E-state index contributed by atoms with van der Waals surface area (Å²) in [6.45, 7) is 7.58. The Balaban J connectivity index is 2.83. The zero-order valence-corrected chi connectivity index (χ0v) is 16.2. The molecule has 1 aliphatic heterocycles. The Labute approximate surface area is 155 Å². The Hall–Kier alpha value is -1.32. The van der Waals surface area contributed by atoms with Crippen molar-refractivity contribution in [1.82, 2.24) is 10.6 Å². The monoisotopic (exact) mass is 372 g/mol. The van der Waals surface area contributed by atoms with Crippen LogP contribution in [0.25, 0.3) is 0 Å². The lowest BCUT2D eigenvalue weighted by Gasteiger charge is -2.39. The maximum absolute atomic E-state index is 12.2. The fraction of sp³-hybridized carbons (Fsp3) is 0.882. The zero-order valence-electron chi connectivity index (χ0n) is 16.2. The zero-order chi connectivity index (χ0) is 20.0. The summed E-state index contributed by atoms with van der Waals surface area (Å²) in [5.41, 5.74) is -2.16. The summed E-state index contributed by atoms with van der Waals surface area (Å²) in [4.78, 5) is 24.3. The summed E-state index contributed by atoms with van der Waals surface area (Å²) < 4.78 is 5.26. The van der Waals surface area contributed by atoms with E-state index in [1.54, 1.807) is 27.7 Å². The Morgan fingerprint density at radius 2 is 1.96 bits per heavy atom. The molecule has 0 spiro atoms. The highest BCUT2D eigenvalue weighted by atomic mass is 16.6. The number of amides is 1. The molecule has 0 aromatic heterocycles. The minimum Gasteiger partial charge on any atom is -0.479 e. The maximum atomic E-state index is 12.2. The molecule has 1 heterocycles. The lowest BCUT2D eigenvalue weighted by molar-refractivity contribution is -0.147. The number of carbonyl (C=O) groups excluding carboxylic acids is 1. The van der Waals surface area contributed by atoms with Gasteiger partial charge >= 0.3 is 19.2 Å². The van der Waals surface area contributed by atoms with Gasteiger partial charge in [0.15, 0.2) is 5.54 Å². The van der Waals surface area contributed by atoms with Crippen molar-refractivity contribution >= 4 is 19.2 Å². The minimum absolute atomic E-state index is 0.257. The number of nitrogens with one attached hydrogen (secondary N) is 2. The van der Waals surface area contributed by atoms with Crippen LogP contribution in [-0.4, -0.2) is 58.1 Å². The average Bonchev–Trinajstić information content (AvgIpc) is 2.46. The van der Waals surface area contributed by atoms with Crippen LogP contribution in [0.4, 0.5) is 4.79 Å². The van der Waals surface area contributed by atoms with Crippen molar-refractivity contribution in [3.05, 3.63) is 0 Å². The molecule has 0 radical (unpaired) electrons. The van der Waals surface area contributed by atoms with Crippen LogP contribution in [-0.2, 0) is 9.53 Å². The van der Waals surface area contributed by atoms with Gasteiger partial charge in [-0.3, -0.25) is 0 Å². The Morgan fingerprint density at radius 3 is 2.50 bits per heavy atom. The van der Waals surface area contributed by atoms with Gasteiger partial charge in [-0.1, -0.05) is 12.8 Å². The predicted octanol–water partition coefficient (Wildman–Crippen LogP) is 1.37. The van der Waals surface area contributed by atoms with Gasteiger partial charge in [-0.2, -0.15) is 0 Å². The van der Waals surface area contributed by atoms with Crippen molar-refractivity contribution in [3.63, 3.8) is 0 Å². The van der Waals surface area contributed by atoms with E-state index in [1.807, 2.05) is 0 Å². The van der Waals surface area contributed by atoms with Crippen LogP contribution in [0.15, 0.2) is 0 Å². The second-order valence-corrected chi connectivity index (χ2v) is 8.18. The van der Waals surface area contributed by atoms with Crippen LogP contribution in [0.1, 0.15) is 59.8 Å². The van der Waals surface area contributed by atoms with E-state index in [2.05, 4.69) is 10.6 Å². The van der Waals surface area contributed by atoms with Crippen molar-refractivity contribution in [2.24, 2.45) is 5.92 Å². The lowest BCUT2D eigenvalue weighted by atomic mass is 9.77. The normalized spacial score (nSPS) is 27.2. The van der Waals surface area contributed by atoms with Crippen molar-refractivity contribution in [2.45, 2.75) is 83.3 Å². The highest BCUT2D eigenvalue weighted by Crippen LogP contribution is 2.29. The smallest absolute Gasteiger partial charge is 0.451 e. The largest absolute Gasteiger partial charge is 0.479 e. The van der Waals surface area contributed by atoms with Gasteiger partial charge in [-0.25, -0.2) is 9.59 Å². The quantitative estimate of drug-likeness (QED) is 0.446. The number of ether oxygens (including phenoxy) is 1. The molecule has 0 aromatic rings. The predicted molar refractivity (Wildman–Crippen MR) is 98.8 cm³/mol. The lowest BCUT2D eigenvalue weighted by Crippen LogP contribution is -2.66. The molecule has 1 fully saturated rings.